The van der Waals surface area contributed by atoms with Crippen LogP contribution in [0.5, 0.6) is 11.8 Å². The second-order valence-electron chi connectivity index (χ2n) is 8.70. The average molecular weight is 738 g/mol. The van der Waals surface area contributed by atoms with Crippen molar-refractivity contribution in [1.82, 2.24) is 29.9 Å². The molecule has 0 aliphatic carbocycles. The number of aromatic nitrogens is 6. The van der Waals surface area contributed by atoms with E-state index in [2.05, 4.69) is 39.3 Å². The Balaban J connectivity index is 0.000000181. The fourth-order valence-corrected chi connectivity index (χ4v) is 6.64. The molecule has 4 heterocycles. The van der Waals surface area contributed by atoms with Crippen molar-refractivity contribution in [2.75, 3.05) is 23.7 Å². The molecular weight excluding hydrogens is 718 g/mol. The number of nitrogens with one attached hydrogen (secondary N) is 2. The Morgan fingerprint density at radius 2 is 1.04 bits per heavy atom. The van der Waals surface area contributed by atoms with E-state index in [-0.39, 0.29) is 33.4 Å². The monoisotopic (exact) mass is 736 g/mol. The fourth-order valence-electron chi connectivity index (χ4n) is 3.71. The molecule has 2 unspecified atom stereocenters. The van der Waals surface area contributed by atoms with Crippen LogP contribution >= 0.6 is 46.4 Å². The van der Waals surface area contributed by atoms with Crippen molar-refractivity contribution >= 4 is 102 Å². The molecule has 0 radical (unpaired) electrons. The van der Waals surface area contributed by atoms with Crippen LogP contribution in [0.3, 0.4) is 0 Å². The van der Waals surface area contributed by atoms with E-state index in [4.69, 9.17) is 55.9 Å². The molecule has 0 bridgehead atoms. The van der Waals surface area contributed by atoms with Gasteiger partial charge in [0.1, 0.15) is 11.0 Å². The number of pyridine rings is 2. The van der Waals surface area contributed by atoms with Crippen LogP contribution in [0.15, 0.2) is 82.8 Å². The van der Waals surface area contributed by atoms with Crippen LogP contribution < -0.4 is 18.9 Å². The van der Waals surface area contributed by atoms with Crippen LogP contribution in [-0.2, 0) is 22.0 Å². The molecule has 0 saturated carbocycles. The molecule has 6 rings (SSSR count). The Morgan fingerprint density at radius 3 is 1.57 bits per heavy atom. The maximum absolute atomic E-state index is 12.5. The zero-order valence-corrected chi connectivity index (χ0v) is 28.2. The first kappa shape index (κ1) is 33.4. The van der Waals surface area contributed by atoms with Crippen molar-refractivity contribution in [2.24, 2.45) is 0 Å². The highest BCUT2D eigenvalue weighted by atomic mass is 35.5. The van der Waals surface area contributed by atoms with Crippen molar-refractivity contribution in [1.29, 1.82) is 0 Å². The third kappa shape index (κ3) is 7.54. The number of methoxy groups -OCH3 is 2. The highest BCUT2D eigenvalue weighted by Gasteiger charge is 2.18. The molecule has 0 amide bonds. The predicted molar refractivity (Wildman–Crippen MR) is 181 cm³/mol. The third-order valence-electron chi connectivity index (χ3n) is 5.81. The van der Waals surface area contributed by atoms with E-state index < -0.39 is 22.0 Å². The first-order valence-corrected chi connectivity index (χ1v) is 16.6. The smallest absolute Gasteiger partial charge is 0.260 e. The van der Waals surface area contributed by atoms with E-state index in [1.54, 1.807) is 73.1 Å². The molecule has 12 nitrogen and oxygen atoms in total. The molecule has 4 aromatic heterocycles. The molecular formula is C28H20Cl4N8O4S2. The fraction of sp³-hybridized carbons (Fsp3) is 0.0714. The second kappa shape index (κ2) is 15.1. The lowest BCUT2D eigenvalue weighted by molar-refractivity contribution is 0.400. The van der Waals surface area contributed by atoms with Gasteiger partial charge in [-0.15, -0.1) is 0 Å². The van der Waals surface area contributed by atoms with Crippen LogP contribution in [0.25, 0.3) is 22.3 Å². The van der Waals surface area contributed by atoms with E-state index >= 15 is 0 Å². The Labute approximate surface area is 287 Å². The number of halogens is 4. The molecule has 18 heteroatoms. The zero-order valence-electron chi connectivity index (χ0n) is 23.6. The van der Waals surface area contributed by atoms with Crippen molar-refractivity contribution in [3.8, 4) is 11.8 Å². The van der Waals surface area contributed by atoms with Gasteiger partial charge in [0, 0.05) is 12.4 Å². The topological polar surface area (TPSA) is 154 Å². The number of anilines is 2. The summed E-state index contributed by atoms with van der Waals surface area (Å²) in [5, 5.41) is 1.07. The SMILES string of the molecule is COc1nc2cccnc2nc1NS(=O)c1cccc(Cl)c1Cl.COc1nc2ncccc2nc1NS(=O)c1cccc(Cl)c1Cl. The molecule has 236 valence electrons. The largest absolute Gasteiger partial charge is 0.478 e. The Hall–Kier alpha value is -3.92. The van der Waals surface area contributed by atoms with Crippen LogP contribution in [0.2, 0.25) is 20.1 Å². The molecule has 2 N–H and O–H groups in total. The van der Waals surface area contributed by atoms with Gasteiger partial charge in [0.05, 0.1) is 44.1 Å². The minimum Gasteiger partial charge on any atom is -0.478 e. The maximum Gasteiger partial charge on any atom is 0.260 e. The molecule has 0 spiro atoms. The van der Waals surface area contributed by atoms with Crippen LogP contribution in [0.4, 0.5) is 11.6 Å². The summed E-state index contributed by atoms with van der Waals surface area (Å²) in [4.78, 5) is 26.0. The highest BCUT2D eigenvalue weighted by Crippen LogP contribution is 2.31. The number of ether oxygens (including phenoxy) is 2. The van der Waals surface area contributed by atoms with Gasteiger partial charge in [0.15, 0.2) is 33.3 Å². The van der Waals surface area contributed by atoms with Gasteiger partial charge in [-0.3, -0.25) is 9.44 Å². The zero-order chi connectivity index (χ0) is 32.8. The van der Waals surface area contributed by atoms with Gasteiger partial charge in [0.25, 0.3) is 11.8 Å². The van der Waals surface area contributed by atoms with Crippen molar-refractivity contribution in [3.63, 3.8) is 0 Å². The van der Waals surface area contributed by atoms with Crippen molar-refractivity contribution in [3.05, 3.63) is 93.1 Å². The number of rotatable bonds is 8. The van der Waals surface area contributed by atoms with Gasteiger partial charge >= 0.3 is 0 Å². The first-order valence-electron chi connectivity index (χ1n) is 12.8. The van der Waals surface area contributed by atoms with Gasteiger partial charge in [-0.05, 0) is 48.5 Å². The number of nitrogens with zero attached hydrogens (tertiary/aromatic N) is 6. The summed E-state index contributed by atoms with van der Waals surface area (Å²) in [5.74, 6) is 0.815. The molecule has 0 aliphatic rings. The average Bonchev–Trinajstić information content (AvgIpc) is 3.06. The summed E-state index contributed by atoms with van der Waals surface area (Å²) < 4.78 is 40.8. The van der Waals surface area contributed by atoms with Gasteiger partial charge < -0.3 is 9.47 Å². The summed E-state index contributed by atoms with van der Waals surface area (Å²) >= 11 is 24.0. The Kier molecular flexibility index (Phi) is 11.0. The number of hydrogen-bond donors (Lipinski definition) is 2. The molecule has 46 heavy (non-hydrogen) atoms. The molecule has 2 atom stereocenters. The minimum atomic E-state index is -1.69. The van der Waals surface area contributed by atoms with Gasteiger partial charge in [-0.25, -0.2) is 33.3 Å². The van der Waals surface area contributed by atoms with E-state index in [0.717, 1.165) is 0 Å². The molecule has 0 saturated heterocycles. The molecule has 6 aromatic rings. The van der Waals surface area contributed by atoms with Crippen LogP contribution in [-0.4, -0.2) is 52.5 Å². The quantitative estimate of drug-likeness (QED) is 0.168. The van der Waals surface area contributed by atoms with Gasteiger partial charge in [0.2, 0.25) is 11.6 Å². The van der Waals surface area contributed by atoms with Crippen molar-refractivity contribution < 1.29 is 17.9 Å². The molecule has 0 aliphatic heterocycles. The number of benzene rings is 2. The second-order valence-corrected chi connectivity index (χ2v) is 12.6. The van der Waals surface area contributed by atoms with Crippen molar-refractivity contribution in [2.45, 2.75) is 9.79 Å². The summed E-state index contributed by atoms with van der Waals surface area (Å²) in [7, 11) is -0.473. The van der Waals surface area contributed by atoms with Crippen LogP contribution in [0, 0.1) is 0 Å². The lowest BCUT2D eigenvalue weighted by Crippen LogP contribution is -2.09. The van der Waals surface area contributed by atoms with Gasteiger partial charge in [-0.1, -0.05) is 58.5 Å². The lowest BCUT2D eigenvalue weighted by atomic mass is 10.4. The Bertz CT molecular complexity index is 1960. The van der Waals surface area contributed by atoms with E-state index in [1.165, 1.54) is 14.2 Å². The lowest BCUT2D eigenvalue weighted by Gasteiger charge is -2.11. The number of hydrogen-bond acceptors (Lipinski definition) is 10. The third-order valence-corrected chi connectivity index (χ3v) is 9.91. The maximum atomic E-state index is 12.5. The summed E-state index contributed by atoms with van der Waals surface area (Å²) in [6.07, 6.45) is 3.20. The summed E-state index contributed by atoms with van der Waals surface area (Å²) in [6, 6.07) is 16.8. The minimum absolute atomic E-state index is 0.183. The molecule has 0 fully saturated rings. The standard InChI is InChI=1S/2C14H10Cl2N4O2S/c1-22-14-13(19-12-9(18-14)5-3-7-17-12)20-23(21)10-6-2-4-8(15)11(10)16;1-22-14-13(18-9-5-3-7-17-12(9)19-14)20-23(21)10-6-2-4-8(15)11(10)16/h2-7H,1H3,(H,17,19,20);2-7H,1H3,(H,18,20). The number of fused-ring (bicyclic) bond motifs is 2. The Morgan fingerprint density at radius 1 is 0.587 bits per heavy atom. The van der Waals surface area contributed by atoms with Gasteiger partial charge in [-0.2, -0.15) is 4.98 Å². The first-order chi connectivity index (χ1) is 22.2. The normalized spacial score (nSPS) is 12.1. The van der Waals surface area contributed by atoms with E-state index in [0.29, 0.717) is 42.2 Å². The van der Waals surface area contributed by atoms with Crippen LogP contribution in [0.1, 0.15) is 0 Å². The van der Waals surface area contributed by atoms with E-state index in [1.807, 2.05) is 0 Å². The molecule has 2 aromatic carbocycles. The summed E-state index contributed by atoms with van der Waals surface area (Å²) in [5.41, 5.74) is 1.96. The highest BCUT2D eigenvalue weighted by molar-refractivity contribution is 7.86. The predicted octanol–water partition coefficient (Wildman–Crippen LogP) is 6.95. The summed E-state index contributed by atoms with van der Waals surface area (Å²) in [6.45, 7) is 0. The van der Waals surface area contributed by atoms with E-state index in [9.17, 15) is 8.42 Å².